The number of hydrogen-bond acceptors (Lipinski definition) is 5. The van der Waals surface area contributed by atoms with Crippen molar-refractivity contribution in [1.82, 2.24) is 10.6 Å². The Hall–Kier alpha value is -2.50. The van der Waals surface area contributed by atoms with Gasteiger partial charge in [0.2, 0.25) is 12.8 Å². The molecular formula is C13H13N3O3. The number of aliphatic imine (C=N–C) groups is 1. The maximum atomic E-state index is 11.7. The quantitative estimate of drug-likeness (QED) is 0.772. The lowest BCUT2D eigenvalue weighted by Crippen LogP contribution is -2.35. The molecule has 0 spiro atoms. The molecule has 0 saturated carbocycles. The molecule has 6 heteroatoms. The highest BCUT2D eigenvalue weighted by molar-refractivity contribution is 6.13. The van der Waals surface area contributed by atoms with E-state index in [4.69, 9.17) is 9.47 Å². The highest BCUT2D eigenvalue weighted by atomic mass is 16.7. The van der Waals surface area contributed by atoms with Gasteiger partial charge in [-0.25, -0.2) is 4.99 Å². The topological polar surface area (TPSA) is 72.0 Å². The maximum absolute atomic E-state index is 11.7. The van der Waals surface area contributed by atoms with E-state index < -0.39 is 0 Å². The van der Waals surface area contributed by atoms with Crippen LogP contribution in [0.4, 0.5) is 0 Å². The summed E-state index contributed by atoms with van der Waals surface area (Å²) in [7, 11) is 0. The standard InChI is InChI=1S/C13H13N3O3/c1-2-14-13-15-9(12(17)16-13)5-8-3-4-10-11(6-8)19-7-18-10/h3-6H,2,7H2,1H3,(H2,14,15,16,17). The Labute approximate surface area is 110 Å². The van der Waals surface area contributed by atoms with Gasteiger partial charge in [-0.2, -0.15) is 0 Å². The fourth-order valence-corrected chi connectivity index (χ4v) is 1.88. The fraction of sp³-hybridized carbons (Fsp3) is 0.231. The number of fused-ring (bicyclic) bond motifs is 1. The Kier molecular flexibility index (Phi) is 2.83. The number of amides is 1. The van der Waals surface area contributed by atoms with Gasteiger partial charge < -0.3 is 14.8 Å². The van der Waals surface area contributed by atoms with E-state index >= 15 is 0 Å². The number of carbonyl (C=O) groups is 1. The number of nitrogens with zero attached hydrogens (tertiary/aromatic N) is 1. The van der Waals surface area contributed by atoms with Crippen LogP contribution in [0.3, 0.4) is 0 Å². The molecule has 2 heterocycles. The van der Waals surface area contributed by atoms with Gasteiger partial charge in [0.05, 0.1) is 0 Å². The third-order valence-corrected chi connectivity index (χ3v) is 2.74. The molecule has 2 N–H and O–H groups in total. The Balaban J connectivity index is 1.87. The van der Waals surface area contributed by atoms with E-state index in [9.17, 15) is 4.79 Å². The smallest absolute Gasteiger partial charge is 0.276 e. The first-order chi connectivity index (χ1) is 9.26. The predicted octanol–water partition coefficient (Wildman–Crippen LogP) is 0.851. The van der Waals surface area contributed by atoms with Gasteiger partial charge in [0.25, 0.3) is 5.91 Å². The van der Waals surface area contributed by atoms with Gasteiger partial charge >= 0.3 is 0 Å². The number of benzene rings is 1. The molecule has 1 amide bonds. The Morgan fingerprint density at radius 2 is 2.26 bits per heavy atom. The Morgan fingerprint density at radius 1 is 1.42 bits per heavy atom. The highest BCUT2D eigenvalue weighted by Gasteiger charge is 2.20. The second-order valence-electron chi connectivity index (χ2n) is 4.09. The van der Waals surface area contributed by atoms with Gasteiger partial charge in [-0.15, -0.1) is 0 Å². The third kappa shape index (κ3) is 2.24. The molecule has 19 heavy (non-hydrogen) atoms. The lowest BCUT2D eigenvalue weighted by molar-refractivity contribution is -0.115. The number of rotatable bonds is 2. The summed E-state index contributed by atoms with van der Waals surface area (Å²) in [6, 6.07) is 5.49. The SMILES string of the molecule is CCNC1=NC(=Cc2ccc3c(c2)OCO3)C(=O)N1. The van der Waals surface area contributed by atoms with Gasteiger partial charge in [0.1, 0.15) is 5.70 Å². The summed E-state index contributed by atoms with van der Waals surface area (Å²) in [6.07, 6.45) is 1.71. The third-order valence-electron chi connectivity index (χ3n) is 2.74. The fourth-order valence-electron chi connectivity index (χ4n) is 1.88. The van der Waals surface area contributed by atoms with Crippen molar-refractivity contribution >= 4 is 17.9 Å². The molecule has 98 valence electrons. The Morgan fingerprint density at radius 3 is 3.11 bits per heavy atom. The van der Waals surface area contributed by atoms with Crippen molar-refractivity contribution in [2.45, 2.75) is 6.92 Å². The van der Waals surface area contributed by atoms with Gasteiger partial charge in [-0.1, -0.05) is 6.07 Å². The zero-order valence-corrected chi connectivity index (χ0v) is 10.4. The summed E-state index contributed by atoms with van der Waals surface area (Å²) in [5.74, 6) is 1.67. The van der Waals surface area contributed by atoms with E-state index in [1.807, 2.05) is 25.1 Å². The summed E-state index contributed by atoms with van der Waals surface area (Å²) in [6.45, 7) is 2.88. The Bertz CT molecular complexity index is 593. The molecule has 6 nitrogen and oxygen atoms in total. The molecule has 2 aliphatic heterocycles. The molecular weight excluding hydrogens is 246 g/mol. The molecule has 0 aromatic heterocycles. The molecule has 0 fully saturated rings. The van der Waals surface area contributed by atoms with E-state index in [1.54, 1.807) is 6.08 Å². The van der Waals surface area contributed by atoms with Crippen LogP contribution in [0.5, 0.6) is 11.5 Å². The van der Waals surface area contributed by atoms with Crippen LogP contribution < -0.4 is 20.1 Å². The summed E-state index contributed by atoms with van der Waals surface area (Å²) < 4.78 is 10.5. The number of guanidine groups is 1. The summed E-state index contributed by atoms with van der Waals surface area (Å²) >= 11 is 0. The summed E-state index contributed by atoms with van der Waals surface area (Å²) in [5.41, 5.74) is 1.21. The van der Waals surface area contributed by atoms with E-state index in [0.717, 1.165) is 11.3 Å². The lowest BCUT2D eigenvalue weighted by atomic mass is 10.1. The van der Waals surface area contributed by atoms with Crippen molar-refractivity contribution in [2.75, 3.05) is 13.3 Å². The van der Waals surface area contributed by atoms with Crippen LogP contribution in [-0.2, 0) is 4.79 Å². The monoisotopic (exact) mass is 259 g/mol. The highest BCUT2D eigenvalue weighted by Crippen LogP contribution is 2.33. The molecule has 0 unspecified atom stereocenters. The van der Waals surface area contributed by atoms with Crippen LogP contribution in [0, 0.1) is 0 Å². The number of nitrogens with one attached hydrogen (secondary N) is 2. The number of ether oxygens (including phenoxy) is 2. The van der Waals surface area contributed by atoms with Gasteiger partial charge in [-0.05, 0) is 30.7 Å². The van der Waals surface area contributed by atoms with E-state index in [0.29, 0.717) is 24.0 Å². The van der Waals surface area contributed by atoms with Crippen molar-refractivity contribution in [3.63, 3.8) is 0 Å². The van der Waals surface area contributed by atoms with Crippen molar-refractivity contribution < 1.29 is 14.3 Å². The van der Waals surface area contributed by atoms with Crippen molar-refractivity contribution in [1.29, 1.82) is 0 Å². The normalized spacial score (nSPS) is 18.5. The molecule has 0 atom stereocenters. The minimum Gasteiger partial charge on any atom is -0.454 e. The molecule has 1 aromatic rings. The van der Waals surface area contributed by atoms with Gasteiger partial charge in [0.15, 0.2) is 11.5 Å². The second kappa shape index (κ2) is 4.64. The average Bonchev–Trinajstić information content (AvgIpc) is 2.97. The lowest BCUT2D eigenvalue weighted by Gasteiger charge is -1.98. The van der Waals surface area contributed by atoms with Crippen molar-refractivity contribution in [2.24, 2.45) is 4.99 Å². The van der Waals surface area contributed by atoms with Gasteiger partial charge in [0, 0.05) is 6.54 Å². The molecule has 1 aromatic carbocycles. The predicted molar refractivity (Wildman–Crippen MR) is 69.8 cm³/mol. The molecule has 0 aliphatic carbocycles. The minimum atomic E-state index is -0.214. The van der Waals surface area contributed by atoms with Crippen molar-refractivity contribution in [3.05, 3.63) is 29.5 Å². The zero-order valence-electron chi connectivity index (χ0n) is 10.4. The van der Waals surface area contributed by atoms with Crippen LogP contribution in [0.15, 0.2) is 28.9 Å². The molecule has 3 rings (SSSR count). The summed E-state index contributed by atoms with van der Waals surface area (Å²) in [4.78, 5) is 15.9. The number of carbonyl (C=O) groups excluding carboxylic acids is 1. The molecule has 2 aliphatic rings. The first-order valence-corrected chi connectivity index (χ1v) is 6.01. The first kappa shape index (κ1) is 11.6. The van der Waals surface area contributed by atoms with Crippen LogP contribution in [0.25, 0.3) is 6.08 Å². The first-order valence-electron chi connectivity index (χ1n) is 6.01. The van der Waals surface area contributed by atoms with Crippen LogP contribution in [0.1, 0.15) is 12.5 Å². The van der Waals surface area contributed by atoms with Gasteiger partial charge in [-0.3, -0.25) is 10.1 Å². The second-order valence-corrected chi connectivity index (χ2v) is 4.09. The van der Waals surface area contributed by atoms with E-state index in [1.165, 1.54) is 0 Å². The number of hydrogen-bond donors (Lipinski definition) is 2. The molecule has 0 saturated heterocycles. The van der Waals surface area contributed by atoms with Crippen molar-refractivity contribution in [3.8, 4) is 11.5 Å². The van der Waals surface area contributed by atoms with Crippen LogP contribution >= 0.6 is 0 Å². The molecule has 0 radical (unpaired) electrons. The maximum Gasteiger partial charge on any atom is 0.276 e. The van der Waals surface area contributed by atoms with Crippen LogP contribution in [0.2, 0.25) is 0 Å². The summed E-state index contributed by atoms with van der Waals surface area (Å²) in [5, 5.41) is 5.62. The minimum absolute atomic E-state index is 0.214. The van der Waals surface area contributed by atoms with E-state index in [2.05, 4.69) is 15.6 Å². The largest absolute Gasteiger partial charge is 0.454 e. The molecule has 0 bridgehead atoms. The van der Waals surface area contributed by atoms with E-state index in [-0.39, 0.29) is 12.7 Å². The average molecular weight is 259 g/mol. The zero-order chi connectivity index (χ0) is 13.2. The van der Waals surface area contributed by atoms with Crippen LogP contribution in [-0.4, -0.2) is 25.2 Å².